The quantitative estimate of drug-likeness (QED) is 0.735. The highest BCUT2D eigenvalue weighted by atomic mass is 35.5. The van der Waals surface area contributed by atoms with Gasteiger partial charge in [-0.15, -0.1) is 0 Å². The first kappa shape index (κ1) is 18.8. The average molecular weight is 389 g/mol. The molecule has 6 heteroatoms. The molecule has 0 saturated carbocycles. The standard InChI is InChI=1S/C20H21ClN2O2S/c1-14-16(21)7-5-8-17(14)22-20-23(12-13-26-20)19(24)11-10-15-6-3-4-9-18(15)25-2/h3-9H,10-13H2,1-2H3. The van der Waals surface area contributed by atoms with Crippen LogP contribution in [0.15, 0.2) is 47.5 Å². The monoisotopic (exact) mass is 388 g/mol. The highest BCUT2D eigenvalue weighted by Crippen LogP contribution is 2.29. The molecular formula is C20H21ClN2O2S. The van der Waals surface area contributed by atoms with Gasteiger partial charge in [-0.05, 0) is 42.7 Å². The van der Waals surface area contributed by atoms with Crippen LogP contribution in [0.2, 0.25) is 5.02 Å². The lowest BCUT2D eigenvalue weighted by molar-refractivity contribution is -0.126. The summed E-state index contributed by atoms with van der Waals surface area (Å²) in [6.45, 7) is 2.63. The van der Waals surface area contributed by atoms with E-state index in [2.05, 4.69) is 4.99 Å². The summed E-state index contributed by atoms with van der Waals surface area (Å²) < 4.78 is 5.36. The van der Waals surface area contributed by atoms with Gasteiger partial charge in [-0.25, -0.2) is 4.99 Å². The molecule has 0 spiro atoms. The highest BCUT2D eigenvalue weighted by molar-refractivity contribution is 8.14. The topological polar surface area (TPSA) is 41.9 Å². The Morgan fingerprint density at radius 1 is 1.27 bits per heavy atom. The Kier molecular flexibility index (Phi) is 6.22. The minimum atomic E-state index is 0.0827. The Morgan fingerprint density at radius 2 is 2.08 bits per heavy atom. The number of nitrogens with zero attached hydrogens (tertiary/aromatic N) is 2. The van der Waals surface area contributed by atoms with E-state index >= 15 is 0 Å². The fourth-order valence-electron chi connectivity index (χ4n) is 2.83. The Labute approximate surface area is 163 Å². The van der Waals surface area contributed by atoms with Gasteiger partial charge in [0.25, 0.3) is 0 Å². The van der Waals surface area contributed by atoms with Gasteiger partial charge in [0.2, 0.25) is 5.91 Å². The van der Waals surface area contributed by atoms with Gasteiger partial charge in [0, 0.05) is 23.7 Å². The molecule has 136 valence electrons. The molecule has 0 bridgehead atoms. The maximum atomic E-state index is 12.7. The van der Waals surface area contributed by atoms with Crippen molar-refractivity contribution < 1.29 is 9.53 Å². The van der Waals surface area contributed by atoms with Gasteiger partial charge in [0.05, 0.1) is 12.8 Å². The number of carbonyl (C=O) groups is 1. The third-order valence-corrected chi connectivity index (χ3v) is 5.70. The molecule has 2 aromatic rings. The van der Waals surface area contributed by atoms with Crippen LogP contribution in [0.3, 0.4) is 0 Å². The van der Waals surface area contributed by atoms with Crippen molar-refractivity contribution in [2.45, 2.75) is 19.8 Å². The molecule has 0 unspecified atom stereocenters. The summed E-state index contributed by atoms with van der Waals surface area (Å²) in [4.78, 5) is 19.2. The smallest absolute Gasteiger partial charge is 0.228 e. The number of aliphatic imine (C=N–C) groups is 1. The van der Waals surface area contributed by atoms with Crippen LogP contribution in [0, 0.1) is 6.92 Å². The van der Waals surface area contributed by atoms with E-state index < -0.39 is 0 Å². The molecule has 0 atom stereocenters. The van der Waals surface area contributed by atoms with Crippen LogP contribution in [0.1, 0.15) is 17.5 Å². The second kappa shape index (κ2) is 8.60. The van der Waals surface area contributed by atoms with Gasteiger partial charge >= 0.3 is 0 Å². The van der Waals surface area contributed by atoms with E-state index in [1.54, 1.807) is 23.8 Å². The molecule has 0 N–H and O–H groups in total. The Bertz CT molecular complexity index is 838. The van der Waals surface area contributed by atoms with E-state index in [1.807, 2.05) is 49.4 Å². The molecule has 3 rings (SSSR count). The number of ether oxygens (including phenoxy) is 1. The molecule has 0 aliphatic carbocycles. The third-order valence-electron chi connectivity index (χ3n) is 4.33. The molecule has 1 heterocycles. The van der Waals surface area contributed by atoms with Crippen molar-refractivity contribution >= 4 is 40.1 Å². The van der Waals surface area contributed by atoms with Crippen molar-refractivity contribution in [3.8, 4) is 5.75 Å². The SMILES string of the molecule is COc1ccccc1CCC(=O)N1CCSC1=Nc1cccc(Cl)c1C. The minimum Gasteiger partial charge on any atom is -0.496 e. The molecule has 26 heavy (non-hydrogen) atoms. The average Bonchev–Trinajstić information content (AvgIpc) is 3.12. The predicted molar refractivity (Wildman–Crippen MR) is 109 cm³/mol. The molecule has 0 aromatic heterocycles. The van der Waals surface area contributed by atoms with Crippen LogP contribution in [-0.4, -0.2) is 35.4 Å². The number of hydrogen-bond donors (Lipinski definition) is 0. The van der Waals surface area contributed by atoms with Gasteiger partial charge in [-0.3, -0.25) is 9.69 Å². The maximum absolute atomic E-state index is 12.7. The lowest BCUT2D eigenvalue weighted by Gasteiger charge is -2.17. The van der Waals surface area contributed by atoms with E-state index in [0.717, 1.165) is 33.5 Å². The van der Waals surface area contributed by atoms with Gasteiger partial charge in [-0.1, -0.05) is 47.6 Å². The van der Waals surface area contributed by atoms with Crippen molar-refractivity contribution in [1.29, 1.82) is 0 Å². The van der Waals surface area contributed by atoms with Gasteiger partial charge < -0.3 is 4.74 Å². The molecule has 1 aliphatic rings. The number of thioether (sulfide) groups is 1. The van der Waals surface area contributed by atoms with E-state index in [-0.39, 0.29) is 5.91 Å². The first-order chi connectivity index (χ1) is 12.6. The lowest BCUT2D eigenvalue weighted by atomic mass is 10.1. The van der Waals surface area contributed by atoms with E-state index in [1.165, 1.54) is 0 Å². The molecule has 4 nitrogen and oxygen atoms in total. The molecular weight excluding hydrogens is 368 g/mol. The normalized spacial score (nSPS) is 15.5. The number of halogens is 1. The van der Waals surface area contributed by atoms with Crippen molar-refractivity contribution in [3.05, 3.63) is 58.6 Å². The van der Waals surface area contributed by atoms with Crippen molar-refractivity contribution in [2.75, 3.05) is 19.4 Å². The summed E-state index contributed by atoms with van der Waals surface area (Å²) in [5, 5.41) is 1.43. The van der Waals surface area contributed by atoms with Crippen molar-refractivity contribution in [1.82, 2.24) is 4.90 Å². The van der Waals surface area contributed by atoms with Crippen LogP contribution in [0.5, 0.6) is 5.75 Å². The first-order valence-corrected chi connectivity index (χ1v) is 9.85. The Balaban J connectivity index is 1.72. The summed E-state index contributed by atoms with van der Waals surface area (Å²) >= 11 is 7.78. The molecule has 1 saturated heterocycles. The first-order valence-electron chi connectivity index (χ1n) is 8.49. The second-order valence-corrected chi connectivity index (χ2v) is 7.45. The second-order valence-electron chi connectivity index (χ2n) is 5.98. The number of carbonyl (C=O) groups excluding carboxylic acids is 1. The predicted octanol–water partition coefficient (Wildman–Crippen LogP) is 4.85. The minimum absolute atomic E-state index is 0.0827. The zero-order valence-electron chi connectivity index (χ0n) is 14.9. The fourth-order valence-corrected chi connectivity index (χ4v) is 3.97. The summed E-state index contributed by atoms with van der Waals surface area (Å²) in [6, 6.07) is 13.4. The Hall–Kier alpha value is -1.98. The van der Waals surface area contributed by atoms with Crippen LogP contribution < -0.4 is 4.74 Å². The third kappa shape index (κ3) is 4.22. The molecule has 2 aromatic carbocycles. The lowest BCUT2D eigenvalue weighted by Crippen LogP contribution is -2.31. The van der Waals surface area contributed by atoms with Crippen molar-refractivity contribution in [2.24, 2.45) is 4.99 Å². The number of amidine groups is 1. The number of hydrogen-bond acceptors (Lipinski definition) is 4. The van der Waals surface area contributed by atoms with E-state index in [9.17, 15) is 4.79 Å². The van der Waals surface area contributed by atoms with Crippen LogP contribution in [-0.2, 0) is 11.2 Å². The molecule has 1 amide bonds. The van der Waals surface area contributed by atoms with E-state index in [0.29, 0.717) is 24.4 Å². The fraction of sp³-hybridized carbons (Fsp3) is 0.300. The van der Waals surface area contributed by atoms with Crippen LogP contribution in [0.4, 0.5) is 5.69 Å². The van der Waals surface area contributed by atoms with Crippen LogP contribution in [0.25, 0.3) is 0 Å². The highest BCUT2D eigenvalue weighted by Gasteiger charge is 2.26. The number of rotatable bonds is 5. The Morgan fingerprint density at radius 3 is 2.88 bits per heavy atom. The molecule has 1 fully saturated rings. The zero-order valence-corrected chi connectivity index (χ0v) is 16.4. The largest absolute Gasteiger partial charge is 0.496 e. The summed E-state index contributed by atoms with van der Waals surface area (Å²) in [7, 11) is 1.65. The van der Waals surface area contributed by atoms with Gasteiger partial charge in [-0.2, -0.15) is 0 Å². The van der Waals surface area contributed by atoms with Gasteiger partial charge in [0.15, 0.2) is 5.17 Å². The van der Waals surface area contributed by atoms with Crippen LogP contribution >= 0.6 is 23.4 Å². The number of aryl methyl sites for hydroxylation is 1. The van der Waals surface area contributed by atoms with Crippen molar-refractivity contribution in [3.63, 3.8) is 0 Å². The maximum Gasteiger partial charge on any atom is 0.228 e. The molecule has 1 aliphatic heterocycles. The number of amides is 1. The number of benzene rings is 2. The summed E-state index contributed by atoms with van der Waals surface area (Å²) in [6.07, 6.45) is 1.07. The number of methoxy groups -OCH3 is 1. The molecule has 0 radical (unpaired) electrons. The van der Waals surface area contributed by atoms with Gasteiger partial charge in [0.1, 0.15) is 5.75 Å². The summed E-state index contributed by atoms with van der Waals surface area (Å²) in [5.41, 5.74) is 2.78. The zero-order chi connectivity index (χ0) is 18.5. The number of para-hydroxylation sites is 1. The summed E-state index contributed by atoms with van der Waals surface area (Å²) in [5.74, 6) is 1.76. The van der Waals surface area contributed by atoms with E-state index in [4.69, 9.17) is 16.3 Å².